The average molecular weight is 416 g/mol. The summed E-state index contributed by atoms with van der Waals surface area (Å²) in [6, 6.07) is 9.37. The van der Waals surface area contributed by atoms with Crippen molar-refractivity contribution < 1.29 is 27.9 Å². The minimum Gasteiger partial charge on any atom is -0.478 e. The Balaban J connectivity index is 2.22. The van der Waals surface area contributed by atoms with Crippen LogP contribution in [-0.4, -0.2) is 37.1 Å². The van der Waals surface area contributed by atoms with Gasteiger partial charge in [-0.15, -0.1) is 0 Å². The smallest absolute Gasteiger partial charge is 0.347 e. The summed E-state index contributed by atoms with van der Waals surface area (Å²) in [6.07, 6.45) is 4.17. The zero-order chi connectivity index (χ0) is 22.0. The minimum absolute atomic E-state index is 0.157. The maximum Gasteiger partial charge on any atom is 0.347 e. The number of allylic oxidation sites excluding steroid dienone is 1. The van der Waals surface area contributed by atoms with Gasteiger partial charge in [-0.05, 0) is 86.9 Å². The molecule has 0 bridgehead atoms. The maximum absolute atomic E-state index is 12.4. The van der Waals surface area contributed by atoms with Gasteiger partial charge >= 0.3 is 5.97 Å². The van der Waals surface area contributed by atoms with Gasteiger partial charge in [0.05, 0.1) is 4.90 Å². The fourth-order valence-electron chi connectivity index (χ4n) is 2.67. The Hall–Kier alpha value is -2.93. The van der Waals surface area contributed by atoms with Gasteiger partial charge in [-0.1, -0.05) is 6.08 Å². The fourth-order valence-corrected chi connectivity index (χ4v) is 3.30. The molecule has 0 aliphatic rings. The van der Waals surface area contributed by atoms with Crippen molar-refractivity contribution in [2.45, 2.75) is 38.2 Å². The molecule has 2 rings (SSSR count). The van der Waals surface area contributed by atoms with Gasteiger partial charge in [0.1, 0.15) is 5.75 Å². The molecule has 2 aromatic rings. The highest BCUT2D eigenvalue weighted by Gasteiger charge is 2.30. The number of rotatable bonds is 7. The first-order valence-electron chi connectivity index (χ1n) is 8.87. The van der Waals surface area contributed by atoms with Crippen molar-refractivity contribution in [2.24, 2.45) is 0 Å². The number of hydrogen-bond donors (Lipinski definition) is 1. The molecule has 0 heterocycles. The maximum atomic E-state index is 12.4. The van der Waals surface area contributed by atoms with E-state index in [-0.39, 0.29) is 10.7 Å². The van der Waals surface area contributed by atoms with Gasteiger partial charge in [-0.25, -0.2) is 13.2 Å². The molecule has 0 radical (unpaired) electrons. The highest BCUT2D eigenvalue weighted by Crippen LogP contribution is 2.29. The first-order valence-corrected chi connectivity index (χ1v) is 10.8. The Morgan fingerprint density at radius 3 is 2.00 bits per heavy atom. The second-order valence-electron chi connectivity index (χ2n) is 7.40. The Labute approximate surface area is 170 Å². The average Bonchev–Trinajstić information content (AvgIpc) is 2.62. The van der Waals surface area contributed by atoms with E-state index < -0.39 is 21.4 Å². The second kappa shape index (κ2) is 8.21. The lowest BCUT2D eigenvalue weighted by atomic mass is 10.0. The van der Waals surface area contributed by atoms with Gasteiger partial charge in [0, 0.05) is 11.8 Å². The number of aliphatic carboxylic acids is 1. The van der Waals surface area contributed by atoms with Gasteiger partial charge in [0.2, 0.25) is 0 Å². The van der Waals surface area contributed by atoms with Crippen molar-refractivity contribution >= 4 is 27.7 Å². The van der Waals surface area contributed by atoms with Crippen molar-refractivity contribution in [2.75, 3.05) is 6.26 Å². The quantitative estimate of drug-likeness (QED) is 0.544. The van der Waals surface area contributed by atoms with E-state index in [1.54, 1.807) is 18.2 Å². The van der Waals surface area contributed by atoms with Crippen molar-refractivity contribution in [1.82, 2.24) is 0 Å². The van der Waals surface area contributed by atoms with E-state index in [1.165, 1.54) is 44.2 Å². The molecular weight excluding hydrogens is 392 g/mol. The molecule has 7 heteroatoms. The second-order valence-corrected chi connectivity index (χ2v) is 9.41. The Morgan fingerprint density at radius 1 is 1.03 bits per heavy atom. The lowest BCUT2D eigenvalue weighted by Gasteiger charge is -2.24. The largest absolute Gasteiger partial charge is 0.478 e. The standard InChI is InChI=1S/C22H24O6S/c1-14-12-16(13-15(2)20(14)28-22(3,4)21(24)25)6-11-19(23)17-7-9-18(10-8-17)29(5,26)27/h6-13H,1-5H3,(H,24,25)/b11-6+. The molecule has 0 saturated heterocycles. The molecular formula is C22H24O6S. The Bertz CT molecular complexity index is 1050. The molecule has 6 nitrogen and oxygen atoms in total. The number of carbonyl (C=O) groups excluding carboxylic acids is 1. The number of aryl methyl sites for hydroxylation is 2. The predicted octanol–water partition coefficient (Wildman–Crippen LogP) is 3.85. The summed E-state index contributed by atoms with van der Waals surface area (Å²) in [4.78, 5) is 23.8. The predicted molar refractivity (Wildman–Crippen MR) is 111 cm³/mol. The summed E-state index contributed by atoms with van der Waals surface area (Å²) in [7, 11) is -3.31. The van der Waals surface area contributed by atoms with Crippen LogP contribution in [0.15, 0.2) is 47.4 Å². The molecule has 0 aliphatic heterocycles. The number of benzene rings is 2. The third kappa shape index (κ3) is 5.54. The molecule has 1 N–H and O–H groups in total. The van der Waals surface area contributed by atoms with E-state index in [9.17, 15) is 23.1 Å². The monoisotopic (exact) mass is 416 g/mol. The van der Waals surface area contributed by atoms with E-state index in [4.69, 9.17) is 4.74 Å². The summed E-state index contributed by atoms with van der Waals surface area (Å²) < 4.78 is 28.7. The van der Waals surface area contributed by atoms with Crippen molar-refractivity contribution in [3.63, 3.8) is 0 Å². The topological polar surface area (TPSA) is 97.7 Å². The molecule has 0 aliphatic carbocycles. The van der Waals surface area contributed by atoms with Gasteiger partial charge in [0.25, 0.3) is 0 Å². The molecule has 0 aromatic heterocycles. The van der Waals surface area contributed by atoms with Crippen molar-refractivity contribution in [3.05, 3.63) is 64.7 Å². The van der Waals surface area contributed by atoms with Crippen molar-refractivity contribution in [1.29, 1.82) is 0 Å². The summed E-state index contributed by atoms with van der Waals surface area (Å²) in [5, 5.41) is 9.25. The van der Waals surface area contributed by atoms with E-state index in [0.29, 0.717) is 11.3 Å². The third-order valence-corrected chi connectivity index (χ3v) is 5.48. The van der Waals surface area contributed by atoms with E-state index in [1.807, 2.05) is 13.8 Å². The van der Waals surface area contributed by atoms with Crippen LogP contribution in [0.1, 0.15) is 40.9 Å². The zero-order valence-electron chi connectivity index (χ0n) is 17.0. The van der Waals surface area contributed by atoms with Crippen LogP contribution < -0.4 is 4.74 Å². The number of sulfone groups is 1. The molecule has 0 atom stereocenters. The van der Waals surface area contributed by atoms with E-state index >= 15 is 0 Å². The van der Waals surface area contributed by atoms with E-state index in [0.717, 1.165) is 22.9 Å². The summed E-state index contributed by atoms with van der Waals surface area (Å²) in [5.41, 5.74) is 1.29. The minimum atomic E-state index is -3.31. The molecule has 0 unspecified atom stereocenters. The SMILES string of the molecule is Cc1cc(/C=C/C(=O)c2ccc(S(C)(=O)=O)cc2)cc(C)c1OC(C)(C)C(=O)O. The van der Waals surface area contributed by atoms with Crippen LogP contribution in [-0.2, 0) is 14.6 Å². The Kier molecular flexibility index (Phi) is 6.33. The van der Waals surface area contributed by atoms with Crippen LogP contribution in [0, 0.1) is 13.8 Å². The third-order valence-electron chi connectivity index (χ3n) is 4.35. The number of carbonyl (C=O) groups is 2. The van der Waals surface area contributed by atoms with Gasteiger partial charge in [0.15, 0.2) is 21.2 Å². The molecule has 0 amide bonds. The molecule has 0 spiro atoms. The zero-order valence-corrected chi connectivity index (χ0v) is 17.8. The highest BCUT2D eigenvalue weighted by molar-refractivity contribution is 7.90. The van der Waals surface area contributed by atoms with Gasteiger partial charge in [-0.2, -0.15) is 0 Å². The number of ketones is 1. The summed E-state index contributed by atoms with van der Waals surface area (Å²) in [6.45, 7) is 6.58. The van der Waals surface area contributed by atoms with Gasteiger partial charge in [-0.3, -0.25) is 4.79 Å². The molecule has 0 fully saturated rings. The lowest BCUT2D eigenvalue weighted by molar-refractivity contribution is -0.152. The van der Waals surface area contributed by atoms with Crippen LogP contribution in [0.2, 0.25) is 0 Å². The Morgan fingerprint density at radius 2 is 1.55 bits per heavy atom. The van der Waals surface area contributed by atoms with Gasteiger partial charge < -0.3 is 9.84 Å². The van der Waals surface area contributed by atoms with Crippen LogP contribution in [0.4, 0.5) is 0 Å². The number of carboxylic acids is 1. The van der Waals surface area contributed by atoms with Crippen LogP contribution >= 0.6 is 0 Å². The number of carboxylic acid groups (broad SMARTS) is 1. The van der Waals surface area contributed by atoms with Crippen LogP contribution in [0.5, 0.6) is 5.75 Å². The number of hydrogen-bond acceptors (Lipinski definition) is 5. The lowest BCUT2D eigenvalue weighted by Crippen LogP contribution is -2.38. The molecule has 2 aromatic carbocycles. The molecule has 29 heavy (non-hydrogen) atoms. The fraction of sp³-hybridized carbons (Fsp3) is 0.273. The summed E-state index contributed by atoms with van der Waals surface area (Å²) in [5.74, 6) is -0.822. The van der Waals surface area contributed by atoms with Crippen LogP contribution in [0.3, 0.4) is 0 Å². The molecule has 154 valence electrons. The van der Waals surface area contributed by atoms with Crippen molar-refractivity contribution in [3.8, 4) is 5.75 Å². The normalized spacial score (nSPS) is 12.2. The first kappa shape index (κ1) is 22.4. The summed E-state index contributed by atoms with van der Waals surface area (Å²) >= 11 is 0. The first-order chi connectivity index (χ1) is 13.3. The highest BCUT2D eigenvalue weighted by atomic mass is 32.2. The number of ether oxygens (including phenoxy) is 1. The molecule has 0 saturated carbocycles. The van der Waals surface area contributed by atoms with E-state index in [2.05, 4.69) is 0 Å². The van der Waals surface area contributed by atoms with Crippen LogP contribution in [0.25, 0.3) is 6.08 Å².